The Morgan fingerprint density at radius 2 is 1.55 bits per heavy atom. The van der Waals surface area contributed by atoms with Gasteiger partial charge in [0.05, 0.1) is 0 Å². The van der Waals surface area contributed by atoms with E-state index in [1.165, 1.54) is 21.6 Å². The fraction of sp³-hybridized carbons (Fsp3) is 0.333. The molecule has 2 amide bonds. The van der Waals surface area contributed by atoms with Crippen LogP contribution in [-0.4, -0.2) is 53.1 Å². The summed E-state index contributed by atoms with van der Waals surface area (Å²) in [6, 6.07) is 14.6. The van der Waals surface area contributed by atoms with Crippen molar-refractivity contribution < 1.29 is 14.7 Å². The number of benzene rings is 2. The highest BCUT2D eigenvalue weighted by molar-refractivity contribution is 5.77. The Morgan fingerprint density at radius 3 is 2.21 bits per heavy atom. The zero-order valence-corrected chi connectivity index (χ0v) is 17.1. The maximum atomic E-state index is 12.5. The summed E-state index contributed by atoms with van der Waals surface area (Å²) < 4.78 is 0. The van der Waals surface area contributed by atoms with Crippen LogP contribution in [0.3, 0.4) is 0 Å². The van der Waals surface area contributed by atoms with Crippen molar-refractivity contribution in [2.24, 2.45) is 0 Å². The summed E-state index contributed by atoms with van der Waals surface area (Å²) in [5, 5.41) is 9.00. The zero-order chi connectivity index (χ0) is 20.8. The van der Waals surface area contributed by atoms with Gasteiger partial charge in [0.2, 0.25) is 5.91 Å². The Hall–Kier alpha value is -3.08. The van der Waals surface area contributed by atoms with Gasteiger partial charge >= 0.3 is 6.09 Å². The van der Waals surface area contributed by atoms with E-state index in [4.69, 9.17) is 5.11 Å². The van der Waals surface area contributed by atoms with Gasteiger partial charge in [0.1, 0.15) is 0 Å². The first-order valence-corrected chi connectivity index (χ1v) is 10.0. The van der Waals surface area contributed by atoms with Crippen molar-refractivity contribution in [3.05, 3.63) is 70.3 Å². The van der Waals surface area contributed by atoms with Crippen molar-refractivity contribution in [3.8, 4) is 0 Å². The van der Waals surface area contributed by atoms with Gasteiger partial charge in [0, 0.05) is 32.6 Å². The summed E-state index contributed by atoms with van der Waals surface area (Å²) >= 11 is 0. The number of carbonyl (C=O) groups excluding carboxylic acids is 1. The molecule has 0 radical (unpaired) electrons. The smallest absolute Gasteiger partial charge is 0.407 e. The van der Waals surface area contributed by atoms with Crippen LogP contribution in [0.5, 0.6) is 0 Å². The van der Waals surface area contributed by atoms with E-state index in [0.29, 0.717) is 39.0 Å². The molecule has 0 unspecified atom stereocenters. The highest BCUT2D eigenvalue weighted by Gasteiger charge is 2.23. The normalized spacial score (nSPS) is 14.4. The molecule has 2 aromatic rings. The molecule has 0 aliphatic carbocycles. The monoisotopic (exact) mass is 392 g/mol. The lowest BCUT2D eigenvalue weighted by molar-refractivity contribution is -0.132. The van der Waals surface area contributed by atoms with Gasteiger partial charge in [-0.1, -0.05) is 54.6 Å². The van der Waals surface area contributed by atoms with Crippen LogP contribution in [0.15, 0.2) is 42.5 Å². The molecular formula is C24H28N2O3. The van der Waals surface area contributed by atoms with Crippen molar-refractivity contribution in [1.29, 1.82) is 0 Å². The highest BCUT2D eigenvalue weighted by Crippen LogP contribution is 2.18. The molecule has 0 spiro atoms. The van der Waals surface area contributed by atoms with E-state index in [-0.39, 0.29) is 5.91 Å². The van der Waals surface area contributed by atoms with Crippen LogP contribution in [0.4, 0.5) is 4.79 Å². The first-order valence-electron chi connectivity index (χ1n) is 10.0. The van der Waals surface area contributed by atoms with Crippen molar-refractivity contribution in [2.45, 2.75) is 26.7 Å². The molecule has 1 fully saturated rings. The Bertz CT molecular complexity index is 892. The average molecular weight is 392 g/mol. The lowest BCUT2D eigenvalue weighted by Crippen LogP contribution is -2.50. The second-order valence-corrected chi connectivity index (χ2v) is 7.53. The van der Waals surface area contributed by atoms with Crippen LogP contribution in [-0.2, 0) is 11.2 Å². The maximum Gasteiger partial charge on any atom is 0.407 e. The van der Waals surface area contributed by atoms with Crippen LogP contribution in [0.25, 0.3) is 12.2 Å². The molecule has 0 atom stereocenters. The number of carboxylic acid groups (broad SMARTS) is 1. The minimum absolute atomic E-state index is 0.0894. The van der Waals surface area contributed by atoms with E-state index < -0.39 is 6.09 Å². The van der Waals surface area contributed by atoms with E-state index in [1.54, 1.807) is 4.90 Å². The molecule has 29 heavy (non-hydrogen) atoms. The molecule has 3 rings (SSSR count). The number of amides is 2. The van der Waals surface area contributed by atoms with Crippen molar-refractivity contribution in [1.82, 2.24) is 9.80 Å². The summed E-state index contributed by atoms with van der Waals surface area (Å²) in [7, 11) is 0. The summed E-state index contributed by atoms with van der Waals surface area (Å²) in [4.78, 5) is 26.6. The number of hydrogen-bond donors (Lipinski definition) is 1. The highest BCUT2D eigenvalue weighted by atomic mass is 16.4. The van der Waals surface area contributed by atoms with E-state index in [1.807, 2.05) is 12.1 Å². The molecular weight excluding hydrogens is 364 g/mol. The van der Waals surface area contributed by atoms with Crippen molar-refractivity contribution in [2.75, 3.05) is 26.2 Å². The SMILES string of the molecule is Cc1cccc(C)c1/C=C/c1cccc(CCC(=O)N2CCN(C(=O)O)CC2)c1. The third-order valence-corrected chi connectivity index (χ3v) is 5.47. The van der Waals surface area contributed by atoms with E-state index >= 15 is 0 Å². The molecule has 1 aliphatic rings. The van der Waals surface area contributed by atoms with Crippen LogP contribution < -0.4 is 0 Å². The maximum absolute atomic E-state index is 12.5. The molecule has 1 N–H and O–H groups in total. The van der Waals surface area contributed by atoms with Gasteiger partial charge in [0.15, 0.2) is 0 Å². The number of carbonyl (C=O) groups is 2. The second kappa shape index (κ2) is 9.41. The Labute approximate surface area is 172 Å². The first kappa shape index (κ1) is 20.6. The fourth-order valence-corrected chi connectivity index (χ4v) is 3.68. The number of rotatable bonds is 5. The molecule has 1 heterocycles. The predicted octanol–water partition coefficient (Wildman–Crippen LogP) is 4.23. The number of aryl methyl sites for hydroxylation is 3. The molecule has 0 saturated carbocycles. The van der Waals surface area contributed by atoms with Crippen LogP contribution in [0.2, 0.25) is 0 Å². The Morgan fingerprint density at radius 1 is 0.931 bits per heavy atom. The van der Waals surface area contributed by atoms with Crippen molar-refractivity contribution >= 4 is 24.2 Å². The summed E-state index contributed by atoms with van der Waals surface area (Å²) in [5.41, 5.74) is 6.00. The molecule has 152 valence electrons. The summed E-state index contributed by atoms with van der Waals surface area (Å²) in [5.74, 6) is 0.0894. The Kier molecular flexibility index (Phi) is 6.70. The third-order valence-electron chi connectivity index (χ3n) is 5.47. The standard InChI is InChI=1S/C24H28N2O3/c1-18-5-3-6-19(2)22(18)11-9-20-7-4-8-21(17-20)10-12-23(27)25-13-15-26(16-14-25)24(28)29/h3-9,11,17H,10,12-16H2,1-2H3,(H,28,29)/b11-9+. The lowest BCUT2D eigenvalue weighted by Gasteiger charge is -2.33. The van der Waals surface area contributed by atoms with E-state index in [9.17, 15) is 9.59 Å². The quantitative estimate of drug-likeness (QED) is 0.775. The van der Waals surface area contributed by atoms with Gasteiger partial charge in [-0.2, -0.15) is 0 Å². The minimum atomic E-state index is -0.914. The van der Waals surface area contributed by atoms with Gasteiger partial charge < -0.3 is 14.9 Å². The largest absolute Gasteiger partial charge is 0.465 e. The third kappa shape index (κ3) is 5.47. The van der Waals surface area contributed by atoms with Crippen LogP contribution in [0.1, 0.15) is 34.2 Å². The minimum Gasteiger partial charge on any atom is -0.465 e. The number of piperazine rings is 1. The van der Waals surface area contributed by atoms with E-state index in [2.05, 4.69) is 56.3 Å². The van der Waals surface area contributed by atoms with E-state index in [0.717, 1.165) is 11.1 Å². The number of nitrogens with zero attached hydrogens (tertiary/aromatic N) is 2. The molecule has 0 aromatic heterocycles. The zero-order valence-electron chi connectivity index (χ0n) is 17.1. The van der Waals surface area contributed by atoms with Crippen LogP contribution >= 0.6 is 0 Å². The molecule has 0 bridgehead atoms. The molecule has 2 aromatic carbocycles. The predicted molar refractivity (Wildman–Crippen MR) is 116 cm³/mol. The van der Waals surface area contributed by atoms with Crippen molar-refractivity contribution in [3.63, 3.8) is 0 Å². The van der Waals surface area contributed by atoms with Gasteiger partial charge in [-0.3, -0.25) is 4.79 Å². The summed E-state index contributed by atoms with van der Waals surface area (Å²) in [6.45, 7) is 5.96. The van der Waals surface area contributed by atoms with Gasteiger partial charge in [-0.05, 0) is 48.1 Å². The van der Waals surface area contributed by atoms with Crippen LogP contribution in [0, 0.1) is 13.8 Å². The Balaban J connectivity index is 1.57. The molecule has 5 nitrogen and oxygen atoms in total. The molecule has 1 saturated heterocycles. The second-order valence-electron chi connectivity index (χ2n) is 7.53. The summed E-state index contributed by atoms with van der Waals surface area (Å²) in [6.07, 6.45) is 4.48. The van der Waals surface area contributed by atoms with Gasteiger partial charge in [-0.25, -0.2) is 4.79 Å². The molecule has 5 heteroatoms. The average Bonchev–Trinajstić information content (AvgIpc) is 2.72. The fourth-order valence-electron chi connectivity index (χ4n) is 3.68. The first-order chi connectivity index (χ1) is 13.9. The van der Waals surface area contributed by atoms with Gasteiger partial charge in [-0.15, -0.1) is 0 Å². The lowest BCUT2D eigenvalue weighted by atomic mass is 10.0. The topological polar surface area (TPSA) is 60.9 Å². The molecule has 1 aliphatic heterocycles. The number of hydrogen-bond acceptors (Lipinski definition) is 2. The van der Waals surface area contributed by atoms with Gasteiger partial charge in [0.25, 0.3) is 0 Å².